The van der Waals surface area contributed by atoms with Gasteiger partial charge in [0.05, 0.1) is 25.3 Å². The minimum atomic E-state index is -0.160. The Morgan fingerprint density at radius 1 is 0.951 bits per heavy atom. The van der Waals surface area contributed by atoms with Gasteiger partial charge in [0.15, 0.2) is 0 Å². The molecule has 2 amide bonds. The number of allylic oxidation sites excluding steroid dienone is 1. The minimum Gasteiger partial charge on any atom is -0.378 e. The number of pyridine rings is 1. The third-order valence-electron chi connectivity index (χ3n) is 7.09. The van der Waals surface area contributed by atoms with Gasteiger partial charge in [-0.05, 0) is 37.6 Å². The number of rotatable bonds is 7. The molecule has 0 bridgehead atoms. The number of benzene rings is 1. The molecule has 0 radical (unpaired) electrons. The fourth-order valence-corrected chi connectivity index (χ4v) is 4.90. The van der Waals surface area contributed by atoms with Gasteiger partial charge < -0.3 is 30.5 Å². The highest BCUT2D eigenvalue weighted by atomic mass is 16.5. The van der Waals surface area contributed by atoms with Gasteiger partial charge in [-0.3, -0.25) is 9.59 Å². The number of hydrogen-bond donors (Lipinski definition) is 2. The van der Waals surface area contributed by atoms with E-state index in [1.807, 2.05) is 49.1 Å². The summed E-state index contributed by atoms with van der Waals surface area (Å²) in [4.78, 5) is 44.7. The number of carbonyl (C=O) groups is 2. The molecule has 11 heteroatoms. The Morgan fingerprint density at radius 3 is 2.29 bits per heavy atom. The predicted octanol–water partition coefficient (Wildman–Crippen LogP) is 2.75. The van der Waals surface area contributed by atoms with E-state index in [4.69, 9.17) is 15.5 Å². The Kier molecular flexibility index (Phi) is 8.73. The van der Waals surface area contributed by atoms with Crippen molar-refractivity contribution in [1.82, 2.24) is 19.9 Å². The second kappa shape index (κ2) is 12.8. The molecule has 0 spiro atoms. The molecule has 4 heterocycles. The Balaban J connectivity index is 1.23. The van der Waals surface area contributed by atoms with Crippen LogP contribution in [0.2, 0.25) is 0 Å². The normalized spacial score (nSPS) is 15.4. The van der Waals surface area contributed by atoms with Crippen LogP contribution in [0, 0.1) is 0 Å². The van der Waals surface area contributed by atoms with Gasteiger partial charge in [0.2, 0.25) is 17.8 Å². The van der Waals surface area contributed by atoms with E-state index in [2.05, 4.69) is 31.2 Å². The number of nitrogens with zero attached hydrogens (tertiary/aromatic N) is 6. The molecule has 41 heavy (non-hydrogen) atoms. The summed E-state index contributed by atoms with van der Waals surface area (Å²) in [6, 6.07) is 11.6. The molecule has 2 saturated heterocycles. The third kappa shape index (κ3) is 7.37. The molecule has 214 valence electrons. The lowest BCUT2D eigenvalue weighted by molar-refractivity contribution is -0.130. The van der Waals surface area contributed by atoms with E-state index >= 15 is 0 Å². The first-order valence-corrected chi connectivity index (χ1v) is 13.8. The number of amides is 2. The lowest BCUT2D eigenvalue weighted by Crippen LogP contribution is -2.49. The number of hydrogen-bond acceptors (Lipinski definition) is 9. The van der Waals surface area contributed by atoms with E-state index in [-0.39, 0.29) is 17.8 Å². The molecule has 0 unspecified atom stereocenters. The van der Waals surface area contributed by atoms with E-state index in [1.165, 1.54) is 0 Å². The van der Waals surface area contributed by atoms with Crippen molar-refractivity contribution < 1.29 is 14.3 Å². The number of aromatic nitrogens is 3. The number of morpholine rings is 1. The molecule has 2 aliphatic rings. The van der Waals surface area contributed by atoms with Gasteiger partial charge in [0, 0.05) is 80.7 Å². The lowest BCUT2D eigenvalue weighted by Gasteiger charge is -2.37. The van der Waals surface area contributed by atoms with Crippen LogP contribution in [-0.4, -0.2) is 84.1 Å². The molecule has 2 aromatic heterocycles. The summed E-state index contributed by atoms with van der Waals surface area (Å²) in [5, 5.41) is 2.84. The standard InChI is InChI=1S/C30H36N8O3/c1-21(2)15-28(39)34-24-5-3-22(4-6-24)16-29(40)38-9-7-36(8-10-38)25-17-26(23-19-32-30(31)33-20-23)35-27(18-25)37-11-13-41-14-12-37/h3-6,15,17-20H,7-14,16H2,1-2H3,(H,34,39)(H2,31,32,33). The van der Waals surface area contributed by atoms with Crippen LogP contribution in [0.5, 0.6) is 0 Å². The number of anilines is 4. The fraction of sp³-hybridized carbons (Fsp3) is 0.367. The van der Waals surface area contributed by atoms with Crippen molar-refractivity contribution in [3.63, 3.8) is 0 Å². The van der Waals surface area contributed by atoms with Gasteiger partial charge in [0.25, 0.3) is 0 Å². The van der Waals surface area contributed by atoms with Crippen molar-refractivity contribution in [3.05, 3.63) is 66.0 Å². The molecular weight excluding hydrogens is 520 g/mol. The predicted molar refractivity (Wildman–Crippen MR) is 160 cm³/mol. The molecular formula is C30H36N8O3. The van der Waals surface area contributed by atoms with Gasteiger partial charge in [0.1, 0.15) is 5.82 Å². The van der Waals surface area contributed by atoms with Crippen LogP contribution in [0.1, 0.15) is 19.4 Å². The van der Waals surface area contributed by atoms with Crippen LogP contribution in [0.25, 0.3) is 11.3 Å². The summed E-state index contributed by atoms with van der Waals surface area (Å²) < 4.78 is 5.54. The number of ether oxygens (including phenoxy) is 1. The van der Waals surface area contributed by atoms with Crippen LogP contribution >= 0.6 is 0 Å². The average molecular weight is 557 g/mol. The zero-order valence-electron chi connectivity index (χ0n) is 23.5. The molecule has 1 aromatic carbocycles. The van der Waals surface area contributed by atoms with Crippen LogP contribution in [0.3, 0.4) is 0 Å². The molecule has 3 aromatic rings. The Hall–Kier alpha value is -4.51. The summed E-state index contributed by atoms with van der Waals surface area (Å²) in [5.74, 6) is 1.04. The van der Waals surface area contributed by atoms with Crippen LogP contribution in [-0.2, 0) is 20.7 Å². The molecule has 5 rings (SSSR count). The molecule has 2 fully saturated rings. The van der Waals surface area contributed by atoms with Gasteiger partial charge >= 0.3 is 0 Å². The van der Waals surface area contributed by atoms with E-state index in [9.17, 15) is 9.59 Å². The summed E-state index contributed by atoms with van der Waals surface area (Å²) in [5.41, 5.74) is 10.9. The number of nitrogen functional groups attached to an aromatic ring is 1. The number of nitrogens with one attached hydrogen (secondary N) is 1. The van der Waals surface area contributed by atoms with Crippen molar-refractivity contribution in [2.24, 2.45) is 0 Å². The van der Waals surface area contributed by atoms with Crippen molar-refractivity contribution in [3.8, 4) is 11.3 Å². The minimum absolute atomic E-state index is 0.0921. The van der Waals surface area contributed by atoms with E-state index < -0.39 is 0 Å². The smallest absolute Gasteiger partial charge is 0.248 e. The average Bonchev–Trinajstić information content (AvgIpc) is 2.98. The summed E-state index contributed by atoms with van der Waals surface area (Å²) in [6.45, 7) is 9.33. The topological polar surface area (TPSA) is 130 Å². The summed E-state index contributed by atoms with van der Waals surface area (Å²) in [7, 11) is 0. The number of nitrogens with two attached hydrogens (primary N) is 1. The number of carbonyl (C=O) groups excluding carboxylic acids is 2. The molecule has 0 aliphatic carbocycles. The molecule has 3 N–H and O–H groups in total. The highest BCUT2D eigenvalue weighted by Crippen LogP contribution is 2.29. The number of piperazine rings is 1. The van der Waals surface area contributed by atoms with Crippen molar-refractivity contribution in [2.45, 2.75) is 20.3 Å². The van der Waals surface area contributed by atoms with E-state index in [1.54, 1.807) is 18.5 Å². The first-order valence-electron chi connectivity index (χ1n) is 13.8. The molecule has 0 atom stereocenters. The zero-order chi connectivity index (χ0) is 28.8. The van der Waals surface area contributed by atoms with Gasteiger partial charge in [-0.2, -0.15) is 0 Å². The maximum atomic E-state index is 13.1. The highest BCUT2D eigenvalue weighted by molar-refractivity contribution is 5.99. The summed E-state index contributed by atoms with van der Waals surface area (Å²) >= 11 is 0. The first-order chi connectivity index (χ1) is 19.8. The largest absolute Gasteiger partial charge is 0.378 e. The molecule has 0 saturated carbocycles. The Bertz CT molecular complexity index is 1390. The van der Waals surface area contributed by atoms with Gasteiger partial charge in [-0.15, -0.1) is 0 Å². The first kappa shape index (κ1) is 28.0. The highest BCUT2D eigenvalue weighted by Gasteiger charge is 2.23. The maximum absolute atomic E-state index is 13.1. The second-order valence-corrected chi connectivity index (χ2v) is 10.5. The lowest BCUT2D eigenvalue weighted by atomic mass is 10.1. The van der Waals surface area contributed by atoms with Crippen LogP contribution in [0.15, 0.2) is 60.4 Å². The van der Waals surface area contributed by atoms with Crippen LogP contribution < -0.4 is 20.9 Å². The zero-order valence-corrected chi connectivity index (χ0v) is 23.5. The molecule has 11 nitrogen and oxygen atoms in total. The Labute approximate surface area is 240 Å². The van der Waals surface area contributed by atoms with Gasteiger partial charge in [-0.25, -0.2) is 15.0 Å². The SMILES string of the molecule is CC(C)=CC(=O)Nc1ccc(CC(=O)N2CCN(c3cc(-c4cnc(N)nc4)nc(N4CCOCC4)c3)CC2)cc1. The van der Waals surface area contributed by atoms with E-state index in [0.29, 0.717) is 51.5 Å². The van der Waals surface area contributed by atoms with Crippen molar-refractivity contribution >= 4 is 35.0 Å². The monoisotopic (exact) mass is 556 g/mol. The van der Waals surface area contributed by atoms with Crippen LogP contribution in [0.4, 0.5) is 23.1 Å². The Morgan fingerprint density at radius 2 is 1.63 bits per heavy atom. The van der Waals surface area contributed by atoms with E-state index in [0.717, 1.165) is 47.0 Å². The second-order valence-electron chi connectivity index (χ2n) is 10.5. The maximum Gasteiger partial charge on any atom is 0.248 e. The fourth-order valence-electron chi connectivity index (χ4n) is 4.90. The van der Waals surface area contributed by atoms with Crippen molar-refractivity contribution in [2.75, 3.05) is 73.3 Å². The molecule has 2 aliphatic heterocycles. The van der Waals surface area contributed by atoms with Crippen molar-refractivity contribution in [1.29, 1.82) is 0 Å². The summed E-state index contributed by atoms with van der Waals surface area (Å²) in [6.07, 6.45) is 5.26. The third-order valence-corrected chi connectivity index (χ3v) is 7.09. The van der Waals surface area contributed by atoms with Gasteiger partial charge in [-0.1, -0.05) is 17.7 Å². The quantitative estimate of drug-likeness (QED) is 0.422.